The average molecular weight is 392 g/mol. The molecule has 4 nitrogen and oxygen atoms in total. The summed E-state index contributed by atoms with van der Waals surface area (Å²) >= 11 is 0. The molecular weight excluding hydrogens is 371 g/mol. The molecule has 3 aromatic carbocycles. The number of para-hydroxylation sites is 1. The molecule has 1 fully saturated rings. The van der Waals surface area contributed by atoms with Gasteiger partial charge in [0.2, 0.25) is 6.79 Å². The van der Waals surface area contributed by atoms with E-state index < -0.39 is 5.82 Å². The van der Waals surface area contributed by atoms with Gasteiger partial charge in [0.25, 0.3) is 0 Å². The zero-order valence-corrected chi connectivity index (χ0v) is 15.9. The Morgan fingerprint density at radius 2 is 1.72 bits per heavy atom. The Morgan fingerprint density at radius 3 is 2.55 bits per heavy atom. The molecule has 2 aliphatic rings. The largest absolute Gasteiger partial charge is 0.454 e. The SMILES string of the molecule is Fc1ccc(COCC2(c3ccc4c(c3)OCO4)CC2)cc1Oc1ccccc1. The molecule has 5 heteroatoms. The van der Waals surface area contributed by atoms with Crippen LogP contribution in [0.2, 0.25) is 0 Å². The zero-order chi connectivity index (χ0) is 19.7. The summed E-state index contributed by atoms with van der Waals surface area (Å²) < 4.78 is 36.7. The van der Waals surface area contributed by atoms with Gasteiger partial charge in [0.05, 0.1) is 13.2 Å². The number of hydrogen-bond acceptors (Lipinski definition) is 4. The molecule has 5 rings (SSSR count). The second-order valence-corrected chi connectivity index (χ2v) is 7.52. The smallest absolute Gasteiger partial charge is 0.231 e. The highest BCUT2D eigenvalue weighted by atomic mass is 19.1. The number of ether oxygens (including phenoxy) is 4. The Kier molecular flexibility index (Phi) is 4.60. The topological polar surface area (TPSA) is 36.9 Å². The van der Waals surface area contributed by atoms with Crippen LogP contribution in [-0.2, 0) is 16.8 Å². The first kappa shape index (κ1) is 18.0. The van der Waals surface area contributed by atoms with Crippen molar-refractivity contribution in [1.82, 2.24) is 0 Å². The lowest BCUT2D eigenvalue weighted by Gasteiger charge is -2.17. The van der Waals surface area contributed by atoms with Gasteiger partial charge in [-0.3, -0.25) is 0 Å². The average Bonchev–Trinajstić information content (AvgIpc) is 3.38. The predicted octanol–water partition coefficient (Wildman–Crippen LogP) is 5.60. The van der Waals surface area contributed by atoms with Gasteiger partial charge in [0.1, 0.15) is 5.75 Å². The highest BCUT2D eigenvalue weighted by Gasteiger charge is 2.45. The van der Waals surface area contributed by atoms with Crippen LogP contribution in [-0.4, -0.2) is 13.4 Å². The fraction of sp³-hybridized carbons (Fsp3) is 0.250. The number of halogens is 1. The molecule has 148 valence electrons. The minimum Gasteiger partial charge on any atom is -0.454 e. The fourth-order valence-corrected chi connectivity index (χ4v) is 3.59. The predicted molar refractivity (Wildman–Crippen MR) is 106 cm³/mol. The molecule has 0 bridgehead atoms. The first-order chi connectivity index (χ1) is 14.2. The van der Waals surface area contributed by atoms with Gasteiger partial charge in [-0.05, 0) is 60.4 Å². The van der Waals surface area contributed by atoms with Gasteiger partial charge in [0.15, 0.2) is 23.1 Å². The summed E-state index contributed by atoms with van der Waals surface area (Å²) in [4.78, 5) is 0. The molecule has 0 unspecified atom stereocenters. The molecule has 3 aromatic rings. The van der Waals surface area contributed by atoms with E-state index in [1.165, 1.54) is 11.6 Å². The van der Waals surface area contributed by atoms with Crippen LogP contribution < -0.4 is 14.2 Å². The summed E-state index contributed by atoms with van der Waals surface area (Å²) in [5.74, 6) is 2.01. The number of hydrogen-bond donors (Lipinski definition) is 0. The maximum absolute atomic E-state index is 14.1. The third kappa shape index (κ3) is 3.78. The Hall–Kier alpha value is -3.05. The van der Waals surface area contributed by atoms with Crippen molar-refractivity contribution in [2.75, 3.05) is 13.4 Å². The fourth-order valence-electron chi connectivity index (χ4n) is 3.59. The molecule has 0 radical (unpaired) electrons. The summed E-state index contributed by atoms with van der Waals surface area (Å²) in [5, 5.41) is 0. The van der Waals surface area contributed by atoms with Gasteiger partial charge in [0, 0.05) is 5.41 Å². The third-order valence-corrected chi connectivity index (χ3v) is 5.45. The van der Waals surface area contributed by atoms with Gasteiger partial charge in [-0.15, -0.1) is 0 Å². The van der Waals surface area contributed by atoms with E-state index in [0.29, 0.717) is 19.0 Å². The van der Waals surface area contributed by atoms with Crippen LogP contribution in [0.25, 0.3) is 0 Å². The summed E-state index contributed by atoms with van der Waals surface area (Å²) in [5.41, 5.74) is 2.12. The summed E-state index contributed by atoms with van der Waals surface area (Å²) in [6, 6.07) is 20.1. The van der Waals surface area contributed by atoms with E-state index in [2.05, 4.69) is 12.1 Å². The third-order valence-electron chi connectivity index (χ3n) is 5.45. The maximum Gasteiger partial charge on any atom is 0.231 e. The second-order valence-electron chi connectivity index (χ2n) is 7.52. The molecule has 0 aromatic heterocycles. The first-order valence-corrected chi connectivity index (χ1v) is 9.71. The van der Waals surface area contributed by atoms with Gasteiger partial charge in [-0.1, -0.05) is 30.3 Å². The quantitative estimate of drug-likeness (QED) is 0.525. The molecular formula is C24H21FO4. The molecule has 29 heavy (non-hydrogen) atoms. The summed E-state index contributed by atoms with van der Waals surface area (Å²) in [6.45, 7) is 1.29. The van der Waals surface area contributed by atoms with Crippen LogP contribution >= 0.6 is 0 Å². The van der Waals surface area contributed by atoms with Crippen molar-refractivity contribution >= 4 is 0 Å². The Labute approximate surface area is 168 Å². The highest BCUT2D eigenvalue weighted by molar-refractivity contribution is 5.48. The zero-order valence-electron chi connectivity index (χ0n) is 15.9. The van der Waals surface area contributed by atoms with Crippen molar-refractivity contribution in [2.24, 2.45) is 0 Å². The van der Waals surface area contributed by atoms with Gasteiger partial charge in [-0.25, -0.2) is 4.39 Å². The van der Waals surface area contributed by atoms with Crippen LogP contribution in [0.15, 0.2) is 66.7 Å². The van der Waals surface area contributed by atoms with Gasteiger partial charge < -0.3 is 18.9 Å². The maximum atomic E-state index is 14.1. The van der Waals surface area contributed by atoms with E-state index in [1.54, 1.807) is 24.3 Å². The van der Waals surface area contributed by atoms with E-state index >= 15 is 0 Å². The van der Waals surface area contributed by atoms with Gasteiger partial charge >= 0.3 is 0 Å². The van der Waals surface area contributed by atoms with E-state index in [0.717, 1.165) is 29.9 Å². The van der Waals surface area contributed by atoms with E-state index in [9.17, 15) is 4.39 Å². The standard InChI is InChI=1S/C24H21FO4/c25-20-8-6-17(12-22(20)29-19-4-2-1-3-5-19)14-26-15-24(10-11-24)18-7-9-21-23(13-18)28-16-27-21/h1-9,12-13H,10-11,14-16H2. The van der Waals surface area contributed by atoms with Crippen LogP contribution in [0.5, 0.6) is 23.0 Å². The van der Waals surface area contributed by atoms with E-state index in [4.69, 9.17) is 18.9 Å². The molecule has 0 N–H and O–H groups in total. The van der Waals surface area contributed by atoms with Crippen LogP contribution in [0.3, 0.4) is 0 Å². The lowest BCUT2D eigenvalue weighted by Crippen LogP contribution is -2.15. The molecule has 1 aliphatic heterocycles. The highest BCUT2D eigenvalue weighted by Crippen LogP contribution is 2.50. The Bertz CT molecular complexity index is 1010. The number of benzene rings is 3. The van der Waals surface area contributed by atoms with Crippen molar-refractivity contribution in [3.05, 3.63) is 83.7 Å². The second kappa shape index (κ2) is 7.41. The van der Waals surface area contributed by atoms with Crippen LogP contribution in [0.4, 0.5) is 4.39 Å². The van der Waals surface area contributed by atoms with Crippen molar-refractivity contribution in [3.63, 3.8) is 0 Å². The first-order valence-electron chi connectivity index (χ1n) is 9.71. The monoisotopic (exact) mass is 392 g/mol. The molecule has 0 saturated heterocycles. The lowest BCUT2D eigenvalue weighted by molar-refractivity contribution is 0.100. The van der Waals surface area contributed by atoms with Crippen LogP contribution in [0.1, 0.15) is 24.0 Å². The molecule has 0 atom stereocenters. The minimum absolute atomic E-state index is 0.0321. The minimum atomic E-state index is -0.392. The molecule has 1 saturated carbocycles. The molecule has 1 aliphatic carbocycles. The number of fused-ring (bicyclic) bond motifs is 1. The van der Waals surface area contributed by atoms with E-state index in [-0.39, 0.29) is 18.0 Å². The summed E-state index contributed by atoms with van der Waals surface area (Å²) in [6.07, 6.45) is 2.16. The Morgan fingerprint density at radius 1 is 0.897 bits per heavy atom. The van der Waals surface area contributed by atoms with Crippen molar-refractivity contribution in [1.29, 1.82) is 0 Å². The Balaban J connectivity index is 1.23. The van der Waals surface area contributed by atoms with Crippen LogP contribution in [0, 0.1) is 5.82 Å². The van der Waals surface area contributed by atoms with E-state index in [1.807, 2.05) is 24.3 Å². The van der Waals surface area contributed by atoms with Crippen molar-refractivity contribution < 1.29 is 23.3 Å². The summed E-state index contributed by atoms with van der Waals surface area (Å²) in [7, 11) is 0. The lowest BCUT2D eigenvalue weighted by atomic mass is 9.96. The molecule has 0 spiro atoms. The number of rotatable bonds is 7. The van der Waals surface area contributed by atoms with Crippen molar-refractivity contribution in [2.45, 2.75) is 24.9 Å². The normalized spacial score (nSPS) is 15.9. The molecule has 1 heterocycles. The van der Waals surface area contributed by atoms with Crippen molar-refractivity contribution in [3.8, 4) is 23.0 Å². The molecule has 0 amide bonds. The van der Waals surface area contributed by atoms with Gasteiger partial charge in [-0.2, -0.15) is 0 Å².